The van der Waals surface area contributed by atoms with Gasteiger partial charge in [0.25, 0.3) is 0 Å². The predicted molar refractivity (Wildman–Crippen MR) is 121 cm³/mol. The van der Waals surface area contributed by atoms with Gasteiger partial charge in [-0.3, -0.25) is 9.59 Å². The zero-order valence-corrected chi connectivity index (χ0v) is 18.0. The Bertz CT molecular complexity index is 1110. The molecule has 3 aromatic rings. The number of benzene rings is 3. The molecule has 3 rings (SSSR count). The maximum Gasteiger partial charge on any atom is 0.343 e. The van der Waals surface area contributed by atoms with Crippen molar-refractivity contribution in [2.75, 3.05) is 5.32 Å². The first-order valence-electron chi connectivity index (χ1n) is 9.19. The van der Waals surface area contributed by atoms with Gasteiger partial charge in [-0.15, -0.1) is 0 Å². The molecule has 0 spiro atoms. The quantitative estimate of drug-likeness (QED) is 0.189. The summed E-state index contributed by atoms with van der Waals surface area (Å²) in [6.45, 7) is 1.92. The second-order valence-corrected chi connectivity index (χ2v) is 7.40. The molecule has 31 heavy (non-hydrogen) atoms. The van der Waals surface area contributed by atoms with Crippen LogP contribution in [0.25, 0.3) is 0 Å². The highest BCUT2D eigenvalue weighted by Gasteiger charge is 2.12. The second-order valence-electron chi connectivity index (χ2n) is 6.48. The SMILES string of the molecule is Cc1ccc(NC(=O)C(=O)N/N=C/c2ccc(OC(=O)c3ccc(Br)cc3)cc2)cc1. The van der Waals surface area contributed by atoms with Crippen molar-refractivity contribution in [2.45, 2.75) is 6.92 Å². The van der Waals surface area contributed by atoms with Gasteiger partial charge in [0.1, 0.15) is 5.75 Å². The molecule has 0 unspecified atom stereocenters. The molecule has 0 aliphatic rings. The Morgan fingerprint density at radius 2 is 1.52 bits per heavy atom. The number of aryl methyl sites for hydroxylation is 1. The van der Waals surface area contributed by atoms with Crippen molar-refractivity contribution in [3.05, 3.63) is 94.0 Å². The van der Waals surface area contributed by atoms with Crippen molar-refractivity contribution in [1.82, 2.24) is 5.43 Å². The number of carbonyl (C=O) groups excluding carboxylic acids is 3. The maximum atomic E-state index is 12.1. The van der Waals surface area contributed by atoms with E-state index < -0.39 is 17.8 Å². The zero-order chi connectivity index (χ0) is 22.2. The lowest BCUT2D eigenvalue weighted by Crippen LogP contribution is -2.32. The molecule has 0 saturated carbocycles. The van der Waals surface area contributed by atoms with E-state index in [4.69, 9.17) is 4.74 Å². The monoisotopic (exact) mass is 479 g/mol. The van der Waals surface area contributed by atoms with Crippen LogP contribution in [0, 0.1) is 6.92 Å². The van der Waals surface area contributed by atoms with Crippen LogP contribution in [0.4, 0.5) is 5.69 Å². The van der Waals surface area contributed by atoms with Gasteiger partial charge >= 0.3 is 17.8 Å². The highest BCUT2D eigenvalue weighted by Crippen LogP contribution is 2.15. The van der Waals surface area contributed by atoms with Gasteiger partial charge in [0.05, 0.1) is 11.8 Å². The van der Waals surface area contributed by atoms with Crippen LogP contribution in [0.3, 0.4) is 0 Å². The van der Waals surface area contributed by atoms with Crippen molar-refractivity contribution >= 4 is 45.6 Å². The lowest BCUT2D eigenvalue weighted by molar-refractivity contribution is -0.136. The van der Waals surface area contributed by atoms with E-state index in [0.717, 1.165) is 10.0 Å². The van der Waals surface area contributed by atoms with Crippen LogP contribution >= 0.6 is 15.9 Å². The van der Waals surface area contributed by atoms with Gasteiger partial charge in [-0.2, -0.15) is 5.10 Å². The molecule has 0 aliphatic heterocycles. The number of nitrogens with one attached hydrogen (secondary N) is 2. The molecule has 0 saturated heterocycles. The summed E-state index contributed by atoms with van der Waals surface area (Å²) in [6.07, 6.45) is 1.37. The van der Waals surface area contributed by atoms with E-state index in [0.29, 0.717) is 22.6 Å². The molecule has 8 heteroatoms. The van der Waals surface area contributed by atoms with Crippen LogP contribution in [0.15, 0.2) is 82.4 Å². The lowest BCUT2D eigenvalue weighted by atomic mass is 10.2. The number of anilines is 1. The molecule has 0 aromatic heterocycles. The number of amides is 2. The third-order valence-electron chi connectivity index (χ3n) is 4.07. The molecule has 156 valence electrons. The molecule has 0 bridgehead atoms. The first-order chi connectivity index (χ1) is 14.9. The van der Waals surface area contributed by atoms with Crippen LogP contribution in [0.1, 0.15) is 21.5 Å². The van der Waals surface area contributed by atoms with Crippen molar-refractivity contribution in [3.63, 3.8) is 0 Å². The smallest absolute Gasteiger partial charge is 0.343 e. The molecule has 0 aliphatic carbocycles. The number of esters is 1. The average molecular weight is 480 g/mol. The summed E-state index contributed by atoms with van der Waals surface area (Å²) in [6, 6.07) is 20.4. The standard InChI is InChI=1S/C23H18BrN3O4/c1-15-2-10-19(11-3-15)26-21(28)22(29)27-25-14-16-4-12-20(13-5-16)31-23(30)17-6-8-18(24)9-7-17/h2-14H,1H3,(H,26,28)(H,27,29)/b25-14+. The Labute approximate surface area is 187 Å². The van der Waals surface area contributed by atoms with E-state index in [9.17, 15) is 14.4 Å². The van der Waals surface area contributed by atoms with Gasteiger partial charge < -0.3 is 10.1 Å². The summed E-state index contributed by atoms with van der Waals surface area (Å²) in [5.41, 5.74) is 4.80. The number of ether oxygens (including phenoxy) is 1. The van der Waals surface area contributed by atoms with Crippen molar-refractivity contribution in [3.8, 4) is 5.75 Å². The highest BCUT2D eigenvalue weighted by molar-refractivity contribution is 9.10. The Hall–Kier alpha value is -3.78. The van der Waals surface area contributed by atoms with Crippen LogP contribution in [0.2, 0.25) is 0 Å². The molecule has 2 amide bonds. The lowest BCUT2D eigenvalue weighted by Gasteiger charge is -2.05. The van der Waals surface area contributed by atoms with Crippen LogP contribution < -0.4 is 15.5 Å². The zero-order valence-electron chi connectivity index (χ0n) is 16.5. The third-order valence-corrected chi connectivity index (χ3v) is 4.59. The fourth-order valence-corrected chi connectivity index (χ4v) is 2.68. The second kappa shape index (κ2) is 10.3. The molecule has 3 aromatic carbocycles. The number of hydrogen-bond donors (Lipinski definition) is 2. The van der Waals surface area contributed by atoms with Crippen molar-refractivity contribution < 1.29 is 19.1 Å². The molecule has 0 atom stereocenters. The Kier molecular flexibility index (Phi) is 7.29. The average Bonchev–Trinajstić information content (AvgIpc) is 2.77. The summed E-state index contributed by atoms with van der Waals surface area (Å²) in [5.74, 6) is -1.82. The van der Waals surface area contributed by atoms with Crippen LogP contribution in [-0.4, -0.2) is 24.0 Å². The molecule has 0 heterocycles. The number of halogens is 1. The first-order valence-corrected chi connectivity index (χ1v) is 9.99. The van der Waals surface area contributed by atoms with Crippen LogP contribution in [-0.2, 0) is 9.59 Å². The molecule has 2 N–H and O–H groups in total. The van der Waals surface area contributed by atoms with Gasteiger partial charge in [-0.05, 0) is 73.2 Å². The predicted octanol–water partition coefficient (Wildman–Crippen LogP) is 4.07. The van der Waals surface area contributed by atoms with E-state index in [1.165, 1.54) is 6.21 Å². The number of hydrazone groups is 1. The fourth-order valence-electron chi connectivity index (χ4n) is 2.41. The maximum absolute atomic E-state index is 12.1. The molecular formula is C23H18BrN3O4. The summed E-state index contributed by atoms with van der Waals surface area (Å²) in [5, 5.41) is 6.25. The molecule has 0 radical (unpaired) electrons. The van der Waals surface area contributed by atoms with E-state index in [2.05, 4.69) is 31.8 Å². The fraction of sp³-hybridized carbons (Fsp3) is 0.0435. The number of rotatable bonds is 5. The first kappa shape index (κ1) is 21.9. The van der Waals surface area contributed by atoms with Gasteiger partial charge in [-0.25, -0.2) is 10.2 Å². The largest absolute Gasteiger partial charge is 0.423 e. The Morgan fingerprint density at radius 3 is 2.16 bits per heavy atom. The molecule has 7 nitrogen and oxygen atoms in total. The minimum Gasteiger partial charge on any atom is -0.423 e. The number of carbonyl (C=O) groups is 3. The van der Waals surface area contributed by atoms with E-state index in [1.807, 2.05) is 19.1 Å². The Balaban J connectivity index is 1.50. The van der Waals surface area contributed by atoms with E-state index in [1.54, 1.807) is 60.7 Å². The number of nitrogens with zero attached hydrogens (tertiary/aromatic N) is 1. The van der Waals surface area contributed by atoms with Gasteiger partial charge in [-0.1, -0.05) is 33.6 Å². The van der Waals surface area contributed by atoms with Crippen molar-refractivity contribution in [2.24, 2.45) is 5.10 Å². The molecular weight excluding hydrogens is 462 g/mol. The Morgan fingerprint density at radius 1 is 0.871 bits per heavy atom. The third kappa shape index (κ3) is 6.61. The van der Waals surface area contributed by atoms with Gasteiger partial charge in [0.2, 0.25) is 0 Å². The summed E-state index contributed by atoms with van der Waals surface area (Å²) < 4.78 is 6.18. The van der Waals surface area contributed by atoms with E-state index >= 15 is 0 Å². The minimum atomic E-state index is -0.892. The van der Waals surface area contributed by atoms with E-state index in [-0.39, 0.29) is 0 Å². The molecule has 0 fully saturated rings. The van der Waals surface area contributed by atoms with Crippen molar-refractivity contribution in [1.29, 1.82) is 0 Å². The summed E-state index contributed by atoms with van der Waals surface area (Å²) in [4.78, 5) is 35.8. The van der Waals surface area contributed by atoms with Crippen LogP contribution in [0.5, 0.6) is 5.75 Å². The van der Waals surface area contributed by atoms with Gasteiger partial charge in [0, 0.05) is 10.2 Å². The summed E-state index contributed by atoms with van der Waals surface area (Å²) in [7, 11) is 0. The topological polar surface area (TPSA) is 96.9 Å². The number of hydrogen-bond acceptors (Lipinski definition) is 5. The summed E-state index contributed by atoms with van der Waals surface area (Å²) >= 11 is 3.31. The minimum absolute atomic E-state index is 0.367. The van der Waals surface area contributed by atoms with Gasteiger partial charge in [0.15, 0.2) is 0 Å². The normalized spacial score (nSPS) is 10.5. The highest BCUT2D eigenvalue weighted by atomic mass is 79.9.